The number of ether oxygens (including phenoxy) is 2. The average molecular weight is 371 g/mol. The predicted molar refractivity (Wildman–Crippen MR) is 101 cm³/mol. The molecular weight excluding hydrogens is 349 g/mol. The van der Waals surface area contributed by atoms with E-state index >= 15 is 0 Å². The highest BCUT2D eigenvalue weighted by molar-refractivity contribution is 5.92. The monoisotopic (exact) mass is 371 g/mol. The quantitative estimate of drug-likeness (QED) is 0.568. The van der Waals surface area contributed by atoms with E-state index in [0.717, 1.165) is 5.56 Å². The lowest BCUT2D eigenvalue weighted by atomic mass is 10.0. The van der Waals surface area contributed by atoms with Crippen LogP contribution in [0.15, 0.2) is 54.6 Å². The topological polar surface area (TPSA) is 64.6 Å². The number of nitrogens with one attached hydrogen (secondary N) is 1. The third kappa shape index (κ3) is 6.58. The lowest BCUT2D eigenvalue weighted by molar-refractivity contribution is -0.143. The molecule has 0 aromatic heterocycles. The zero-order valence-electron chi connectivity index (χ0n) is 15.3. The van der Waals surface area contributed by atoms with E-state index in [1.54, 1.807) is 50.4 Å². The first-order valence-electron chi connectivity index (χ1n) is 8.55. The van der Waals surface area contributed by atoms with Crippen molar-refractivity contribution in [1.82, 2.24) is 5.32 Å². The number of carbonyl (C=O) groups is 2. The summed E-state index contributed by atoms with van der Waals surface area (Å²) in [6.07, 6.45) is 2.79. The fourth-order valence-electron chi connectivity index (χ4n) is 2.50. The van der Waals surface area contributed by atoms with Crippen LogP contribution >= 0.6 is 0 Å². The molecule has 1 N–H and O–H groups in total. The molecular formula is C21H22FNO4. The van der Waals surface area contributed by atoms with E-state index in [1.807, 2.05) is 0 Å². The first-order valence-corrected chi connectivity index (χ1v) is 8.55. The minimum atomic E-state index is -0.580. The van der Waals surface area contributed by atoms with Crippen molar-refractivity contribution < 1.29 is 23.5 Å². The molecule has 1 amide bonds. The Balaban J connectivity index is 2.14. The Morgan fingerprint density at radius 3 is 2.67 bits per heavy atom. The number of methoxy groups -OCH3 is 1. The Kier molecular flexibility index (Phi) is 7.55. The lowest BCUT2D eigenvalue weighted by Gasteiger charge is -2.18. The van der Waals surface area contributed by atoms with Gasteiger partial charge < -0.3 is 14.8 Å². The van der Waals surface area contributed by atoms with E-state index in [1.165, 1.54) is 24.3 Å². The van der Waals surface area contributed by atoms with E-state index in [2.05, 4.69) is 5.32 Å². The smallest absolute Gasteiger partial charge is 0.308 e. The molecule has 2 aromatic rings. The Hall–Kier alpha value is -3.15. The zero-order chi connectivity index (χ0) is 19.6. The Bertz CT molecular complexity index is 819. The normalized spacial score (nSPS) is 11.8. The van der Waals surface area contributed by atoms with Crippen molar-refractivity contribution in [2.24, 2.45) is 0 Å². The van der Waals surface area contributed by atoms with Crippen molar-refractivity contribution in [3.8, 4) is 5.75 Å². The zero-order valence-corrected chi connectivity index (χ0v) is 15.3. The highest BCUT2D eigenvalue weighted by Gasteiger charge is 2.19. The van der Waals surface area contributed by atoms with Gasteiger partial charge in [-0.25, -0.2) is 4.39 Å². The van der Waals surface area contributed by atoms with Gasteiger partial charge in [0.1, 0.15) is 11.6 Å². The number of halogens is 1. The van der Waals surface area contributed by atoms with E-state index in [0.29, 0.717) is 11.3 Å². The number of hydrogen-bond donors (Lipinski definition) is 1. The molecule has 0 spiro atoms. The highest BCUT2D eigenvalue weighted by atomic mass is 19.1. The van der Waals surface area contributed by atoms with Gasteiger partial charge in [0.05, 0.1) is 26.2 Å². The van der Waals surface area contributed by atoms with Crippen LogP contribution in [0, 0.1) is 5.82 Å². The summed E-state index contributed by atoms with van der Waals surface area (Å²) in [6, 6.07) is 12.4. The van der Waals surface area contributed by atoms with Crippen LogP contribution in [0.4, 0.5) is 4.39 Å². The minimum absolute atomic E-state index is 0.0133. The molecule has 0 heterocycles. The maximum atomic E-state index is 13.2. The molecule has 1 unspecified atom stereocenters. The molecule has 0 fully saturated rings. The van der Waals surface area contributed by atoms with Crippen molar-refractivity contribution in [3.05, 3.63) is 71.6 Å². The molecule has 0 bridgehead atoms. The van der Waals surface area contributed by atoms with Crippen LogP contribution in [0.5, 0.6) is 5.75 Å². The molecule has 0 radical (unpaired) electrons. The summed E-state index contributed by atoms with van der Waals surface area (Å²) in [5.74, 6) is -0.587. The first kappa shape index (κ1) is 20.2. The standard InChI is InChI=1S/C21H22FNO4/c1-3-27-21(25)14-19(16-7-5-9-18(13-16)26-2)23-20(24)11-10-15-6-4-8-17(22)12-15/h4-13,19H,3,14H2,1-2H3,(H,23,24). The van der Waals surface area contributed by atoms with E-state index in [9.17, 15) is 14.0 Å². The summed E-state index contributed by atoms with van der Waals surface area (Å²) in [7, 11) is 1.54. The summed E-state index contributed by atoms with van der Waals surface area (Å²) in [5, 5.41) is 2.78. The van der Waals surface area contributed by atoms with Gasteiger partial charge in [-0.05, 0) is 48.4 Å². The van der Waals surface area contributed by atoms with Crippen molar-refractivity contribution in [2.75, 3.05) is 13.7 Å². The van der Waals surface area contributed by atoms with Gasteiger partial charge in [-0.15, -0.1) is 0 Å². The Labute approximate surface area is 157 Å². The van der Waals surface area contributed by atoms with Crippen LogP contribution in [0.25, 0.3) is 6.08 Å². The second kappa shape index (κ2) is 10.1. The van der Waals surface area contributed by atoms with Gasteiger partial charge in [0.25, 0.3) is 0 Å². The van der Waals surface area contributed by atoms with Crippen LogP contribution < -0.4 is 10.1 Å². The molecule has 2 aromatic carbocycles. The van der Waals surface area contributed by atoms with Crippen LogP contribution in [-0.4, -0.2) is 25.6 Å². The van der Waals surface area contributed by atoms with Gasteiger partial charge in [-0.2, -0.15) is 0 Å². The van der Waals surface area contributed by atoms with Crippen LogP contribution in [0.1, 0.15) is 30.5 Å². The number of rotatable bonds is 8. The molecule has 1 atom stereocenters. The molecule has 0 saturated carbocycles. The fraction of sp³-hybridized carbons (Fsp3) is 0.238. The Morgan fingerprint density at radius 2 is 1.96 bits per heavy atom. The first-order chi connectivity index (χ1) is 13.0. The van der Waals surface area contributed by atoms with E-state index in [4.69, 9.17) is 9.47 Å². The number of hydrogen-bond acceptors (Lipinski definition) is 4. The average Bonchev–Trinajstić information content (AvgIpc) is 2.66. The summed E-state index contributed by atoms with van der Waals surface area (Å²) in [6.45, 7) is 1.98. The highest BCUT2D eigenvalue weighted by Crippen LogP contribution is 2.22. The number of carbonyl (C=O) groups excluding carboxylic acids is 2. The van der Waals surface area contributed by atoms with Crippen molar-refractivity contribution in [2.45, 2.75) is 19.4 Å². The number of benzene rings is 2. The maximum Gasteiger partial charge on any atom is 0.308 e. The summed E-state index contributed by atoms with van der Waals surface area (Å²) >= 11 is 0. The van der Waals surface area contributed by atoms with E-state index < -0.39 is 17.9 Å². The number of esters is 1. The van der Waals surface area contributed by atoms with Gasteiger partial charge in [0.2, 0.25) is 5.91 Å². The van der Waals surface area contributed by atoms with Gasteiger partial charge in [0.15, 0.2) is 0 Å². The fourth-order valence-corrected chi connectivity index (χ4v) is 2.50. The predicted octanol–water partition coefficient (Wildman–Crippen LogP) is 3.66. The summed E-state index contributed by atoms with van der Waals surface area (Å²) < 4.78 is 23.4. The maximum absolute atomic E-state index is 13.2. The van der Waals surface area contributed by atoms with Gasteiger partial charge in [0, 0.05) is 6.08 Å². The molecule has 27 heavy (non-hydrogen) atoms. The lowest BCUT2D eigenvalue weighted by Crippen LogP contribution is -2.29. The Morgan fingerprint density at radius 1 is 1.19 bits per heavy atom. The largest absolute Gasteiger partial charge is 0.497 e. The molecule has 5 nitrogen and oxygen atoms in total. The molecule has 0 saturated heterocycles. The van der Waals surface area contributed by atoms with Gasteiger partial charge in [-0.3, -0.25) is 9.59 Å². The second-order valence-electron chi connectivity index (χ2n) is 5.74. The third-order valence-electron chi connectivity index (χ3n) is 3.76. The molecule has 6 heteroatoms. The molecule has 0 aliphatic rings. The van der Waals surface area contributed by atoms with Crippen molar-refractivity contribution in [1.29, 1.82) is 0 Å². The van der Waals surface area contributed by atoms with Crippen molar-refractivity contribution in [3.63, 3.8) is 0 Å². The van der Waals surface area contributed by atoms with Crippen LogP contribution in [0.2, 0.25) is 0 Å². The summed E-state index contributed by atoms with van der Waals surface area (Å²) in [5.41, 5.74) is 1.28. The van der Waals surface area contributed by atoms with Gasteiger partial charge >= 0.3 is 5.97 Å². The third-order valence-corrected chi connectivity index (χ3v) is 3.76. The van der Waals surface area contributed by atoms with Gasteiger partial charge in [-0.1, -0.05) is 24.3 Å². The SMILES string of the molecule is CCOC(=O)CC(NC(=O)C=Cc1cccc(F)c1)c1cccc(OC)c1. The molecule has 142 valence electrons. The second-order valence-corrected chi connectivity index (χ2v) is 5.74. The van der Waals surface area contributed by atoms with E-state index in [-0.39, 0.29) is 18.8 Å². The minimum Gasteiger partial charge on any atom is -0.497 e. The van der Waals surface area contributed by atoms with Crippen molar-refractivity contribution >= 4 is 18.0 Å². The molecule has 2 rings (SSSR count). The number of amides is 1. The molecule has 0 aliphatic heterocycles. The summed E-state index contributed by atoms with van der Waals surface area (Å²) in [4.78, 5) is 24.2. The molecule has 0 aliphatic carbocycles. The van der Waals surface area contributed by atoms with Crippen LogP contribution in [0.3, 0.4) is 0 Å². The van der Waals surface area contributed by atoms with Crippen LogP contribution in [-0.2, 0) is 14.3 Å².